The Balaban J connectivity index is 2.05. The molecule has 1 atom stereocenters. The van der Waals surface area contributed by atoms with Gasteiger partial charge in [0.15, 0.2) is 0 Å². The summed E-state index contributed by atoms with van der Waals surface area (Å²) in [6.07, 6.45) is 3.28. The van der Waals surface area contributed by atoms with Crippen LogP contribution >= 0.6 is 0 Å². The van der Waals surface area contributed by atoms with Crippen LogP contribution in [-0.2, 0) is 28.8 Å². The monoisotopic (exact) mass is 263 g/mol. The van der Waals surface area contributed by atoms with Crippen molar-refractivity contribution in [1.82, 2.24) is 0 Å². The molecule has 104 valence electrons. The third kappa shape index (κ3) is 3.26. The molecule has 4 heteroatoms. The maximum Gasteiger partial charge on any atom is 0.306 e. The Kier molecular flexibility index (Phi) is 4.43. The second-order valence-electron chi connectivity index (χ2n) is 5.09. The van der Waals surface area contributed by atoms with Gasteiger partial charge in [-0.1, -0.05) is 13.0 Å². The van der Waals surface area contributed by atoms with E-state index in [0.717, 1.165) is 30.4 Å². The van der Waals surface area contributed by atoms with Gasteiger partial charge in [0.1, 0.15) is 5.75 Å². The van der Waals surface area contributed by atoms with Gasteiger partial charge in [0, 0.05) is 12.5 Å². The first-order valence-corrected chi connectivity index (χ1v) is 6.85. The molecule has 4 nitrogen and oxygen atoms in total. The fourth-order valence-electron chi connectivity index (χ4n) is 2.59. The molecule has 0 bridgehead atoms. The normalized spacial score (nSPS) is 17.3. The molecule has 3 N–H and O–H groups in total. The second-order valence-corrected chi connectivity index (χ2v) is 5.09. The summed E-state index contributed by atoms with van der Waals surface area (Å²) in [5.41, 5.74) is 9.13. The van der Waals surface area contributed by atoms with Crippen LogP contribution in [0.1, 0.15) is 36.5 Å². The van der Waals surface area contributed by atoms with Crippen molar-refractivity contribution in [3.05, 3.63) is 28.8 Å². The van der Waals surface area contributed by atoms with Gasteiger partial charge < -0.3 is 15.6 Å². The lowest BCUT2D eigenvalue weighted by Crippen LogP contribution is -2.19. The number of hydrogen-bond donors (Lipinski definition) is 2. The number of rotatable bonds is 5. The van der Waals surface area contributed by atoms with Crippen molar-refractivity contribution in [3.8, 4) is 5.75 Å². The number of carbonyl (C=O) groups is 1. The number of fused-ring (bicyclic) bond motifs is 1. The molecule has 1 unspecified atom stereocenters. The van der Waals surface area contributed by atoms with Crippen LogP contribution < -0.4 is 5.73 Å². The lowest BCUT2D eigenvalue weighted by atomic mass is 9.98. The van der Waals surface area contributed by atoms with Gasteiger partial charge in [0.2, 0.25) is 0 Å². The highest BCUT2D eigenvalue weighted by Crippen LogP contribution is 2.31. The third-order valence-electron chi connectivity index (χ3n) is 3.50. The average Bonchev–Trinajstić information content (AvgIpc) is 2.75. The number of benzene rings is 1. The molecule has 0 aliphatic heterocycles. The Morgan fingerprint density at radius 3 is 3.00 bits per heavy atom. The Hall–Kier alpha value is -1.55. The quantitative estimate of drug-likeness (QED) is 0.793. The molecule has 1 aliphatic carbocycles. The largest absolute Gasteiger partial charge is 0.508 e. The smallest absolute Gasteiger partial charge is 0.306 e. The molecule has 0 fully saturated rings. The molecule has 0 saturated carbocycles. The van der Waals surface area contributed by atoms with Crippen LogP contribution in [0.15, 0.2) is 12.1 Å². The van der Waals surface area contributed by atoms with Gasteiger partial charge in [-0.15, -0.1) is 0 Å². The molecule has 19 heavy (non-hydrogen) atoms. The van der Waals surface area contributed by atoms with Crippen molar-refractivity contribution in [2.45, 2.75) is 45.1 Å². The zero-order valence-electron chi connectivity index (χ0n) is 11.3. The van der Waals surface area contributed by atoms with Crippen LogP contribution in [0.25, 0.3) is 0 Å². The van der Waals surface area contributed by atoms with E-state index in [1.54, 1.807) is 6.07 Å². The van der Waals surface area contributed by atoms with Crippen LogP contribution in [-0.4, -0.2) is 23.7 Å². The van der Waals surface area contributed by atoms with Crippen molar-refractivity contribution in [2.24, 2.45) is 5.73 Å². The summed E-state index contributed by atoms with van der Waals surface area (Å²) in [6.45, 7) is 2.42. The Bertz CT molecular complexity index is 471. The highest BCUT2D eigenvalue weighted by Gasteiger charge is 2.23. The molecule has 0 aromatic heterocycles. The molecule has 0 heterocycles. The maximum atomic E-state index is 11.5. The minimum atomic E-state index is -0.207. The van der Waals surface area contributed by atoms with Crippen LogP contribution in [0.5, 0.6) is 5.75 Å². The minimum Gasteiger partial charge on any atom is -0.508 e. The predicted molar refractivity (Wildman–Crippen MR) is 73.1 cm³/mol. The lowest BCUT2D eigenvalue weighted by molar-refractivity contribution is -0.143. The molecule has 0 saturated heterocycles. The molecule has 0 radical (unpaired) electrons. The van der Waals surface area contributed by atoms with Gasteiger partial charge in [0.05, 0.1) is 6.61 Å². The molecule has 1 aliphatic rings. The van der Waals surface area contributed by atoms with Gasteiger partial charge in [-0.05, 0) is 48.4 Å². The first-order valence-electron chi connectivity index (χ1n) is 6.85. The number of phenolic OH excluding ortho intramolecular Hbond substituents is 1. The molecule has 1 aromatic carbocycles. The van der Waals surface area contributed by atoms with Crippen molar-refractivity contribution in [1.29, 1.82) is 0 Å². The summed E-state index contributed by atoms with van der Waals surface area (Å²) in [7, 11) is 0. The van der Waals surface area contributed by atoms with Gasteiger partial charge >= 0.3 is 5.97 Å². The summed E-state index contributed by atoms with van der Waals surface area (Å²) in [6, 6.07) is 3.75. The summed E-state index contributed by atoms with van der Waals surface area (Å²) in [4.78, 5) is 11.5. The minimum absolute atomic E-state index is 0.127. The van der Waals surface area contributed by atoms with Crippen LogP contribution in [0.3, 0.4) is 0 Å². The van der Waals surface area contributed by atoms with E-state index >= 15 is 0 Å². The Morgan fingerprint density at radius 1 is 1.47 bits per heavy atom. The standard InChI is InChI=1S/C15H21NO3/c1-2-7-19-15(18)6-4-12-13-9-11(16)8-10(13)3-5-14(12)17/h3,5,11,17H,2,4,6-9,16H2,1H3. The predicted octanol–water partition coefficient (Wildman–Crippen LogP) is 1.70. The van der Waals surface area contributed by atoms with E-state index in [4.69, 9.17) is 10.5 Å². The summed E-state index contributed by atoms with van der Waals surface area (Å²) in [5, 5.41) is 9.96. The van der Waals surface area contributed by atoms with E-state index in [-0.39, 0.29) is 17.8 Å². The molecule has 0 spiro atoms. The first-order chi connectivity index (χ1) is 9.11. The Labute approximate surface area is 113 Å². The first kappa shape index (κ1) is 13.9. The summed E-state index contributed by atoms with van der Waals surface area (Å²) >= 11 is 0. The van der Waals surface area contributed by atoms with Crippen molar-refractivity contribution < 1.29 is 14.6 Å². The number of aromatic hydroxyl groups is 1. The van der Waals surface area contributed by atoms with Crippen LogP contribution in [0.4, 0.5) is 0 Å². The highest BCUT2D eigenvalue weighted by molar-refractivity contribution is 5.70. The molecule has 0 amide bonds. The van der Waals surface area contributed by atoms with Crippen LogP contribution in [0, 0.1) is 0 Å². The number of phenols is 1. The zero-order valence-corrected chi connectivity index (χ0v) is 11.3. The van der Waals surface area contributed by atoms with Gasteiger partial charge in [-0.2, -0.15) is 0 Å². The number of carbonyl (C=O) groups excluding carboxylic acids is 1. The number of nitrogens with two attached hydrogens (primary N) is 1. The van der Waals surface area contributed by atoms with Crippen molar-refractivity contribution >= 4 is 5.97 Å². The molecule has 2 rings (SSSR count). The van der Waals surface area contributed by atoms with Crippen molar-refractivity contribution in [3.63, 3.8) is 0 Å². The zero-order chi connectivity index (χ0) is 13.8. The topological polar surface area (TPSA) is 72.5 Å². The van der Waals surface area contributed by atoms with Gasteiger partial charge in [0.25, 0.3) is 0 Å². The van der Waals surface area contributed by atoms with Crippen LogP contribution in [0.2, 0.25) is 0 Å². The number of ether oxygens (including phenoxy) is 1. The molecular formula is C15H21NO3. The summed E-state index contributed by atoms with van der Waals surface area (Å²) < 4.78 is 5.05. The van der Waals surface area contributed by atoms with Gasteiger partial charge in [-0.25, -0.2) is 0 Å². The van der Waals surface area contributed by atoms with E-state index in [2.05, 4.69) is 0 Å². The van der Waals surface area contributed by atoms with Gasteiger partial charge in [-0.3, -0.25) is 4.79 Å². The molecule has 1 aromatic rings. The second kappa shape index (κ2) is 6.06. The average molecular weight is 263 g/mol. The Morgan fingerprint density at radius 2 is 2.26 bits per heavy atom. The van der Waals surface area contributed by atoms with E-state index in [0.29, 0.717) is 19.4 Å². The number of esters is 1. The van der Waals surface area contributed by atoms with Crippen molar-refractivity contribution in [2.75, 3.05) is 6.61 Å². The van der Waals surface area contributed by atoms with E-state index in [1.165, 1.54) is 5.56 Å². The highest BCUT2D eigenvalue weighted by atomic mass is 16.5. The van der Waals surface area contributed by atoms with E-state index in [9.17, 15) is 9.90 Å². The summed E-state index contributed by atoms with van der Waals surface area (Å²) in [5.74, 6) is 0.0530. The maximum absolute atomic E-state index is 11.5. The SMILES string of the molecule is CCCOC(=O)CCc1c(O)ccc2c1CC(N)C2. The fourth-order valence-corrected chi connectivity index (χ4v) is 2.59. The fraction of sp³-hybridized carbons (Fsp3) is 0.533. The van der Waals surface area contributed by atoms with E-state index < -0.39 is 0 Å². The van der Waals surface area contributed by atoms with E-state index in [1.807, 2.05) is 13.0 Å². The molecular weight excluding hydrogens is 242 g/mol. The lowest BCUT2D eigenvalue weighted by Gasteiger charge is -2.10. The number of hydrogen-bond acceptors (Lipinski definition) is 4. The third-order valence-corrected chi connectivity index (χ3v) is 3.50.